The molecule has 0 saturated carbocycles. The zero-order valence-electron chi connectivity index (χ0n) is 17.4. The number of carbonyl (C=O) groups excluding carboxylic acids is 1. The second-order valence-electron chi connectivity index (χ2n) is 7.92. The van der Waals surface area contributed by atoms with Crippen molar-refractivity contribution < 1.29 is 4.79 Å². The van der Waals surface area contributed by atoms with Gasteiger partial charge in [-0.1, -0.05) is 92.7 Å². The summed E-state index contributed by atoms with van der Waals surface area (Å²) in [4.78, 5) is 12.6. The molecule has 0 aliphatic rings. The molecule has 0 bridgehead atoms. The third-order valence-corrected chi connectivity index (χ3v) is 4.96. The molecule has 0 spiro atoms. The summed E-state index contributed by atoms with van der Waals surface area (Å²) >= 11 is 0. The van der Waals surface area contributed by atoms with Crippen LogP contribution in [0.5, 0.6) is 0 Å². The summed E-state index contributed by atoms with van der Waals surface area (Å²) in [5, 5.41) is 3.02. The lowest BCUT2D eigenvalue weighted by molar-refractivity contribution is -0.117. The van der Waals surface area contributed by atoms with Crippen LogP contribution in [0, 0.1) is 5.92 Å². The van der Waals surface area contributed by atoms with Crippen LogP contribution in [0.2, 0.25) is 0 Å². The fourth-order valence-corrected chi connectivity index (χ4v) is 3.25. The zero-order valence-corrected chi connectivity index (χ0v) is 17.4. The summed E-state index contributed by atoms with van der Waals surface area (Å²) in [6, 6.07) is 26.5. The molecule has 1 N–H and O–H groups in total. The van der Waals surface area contributed by atoms with Crippen molar-refractivity contribution in [1.82, 2.24) is 0 Å². The van der Waals surface area contributed by atoms with Crippen LogP contribution in [0.1, 0.15) is 48.9 Å². The van der Waals surface area contributed by atoms with Crippen molar-refractivity contribution in [3.05, 3.63) is 101 Å². The van der Waals surface area contributed by atoms with Crippen molar-refractivity contribution in [3.63, 3.8) is 0 Å². The second kappa shape index (κ2) is 9.88. The predicted molar refractivity (Wildman–Crippen MR) is 124 cm³/mol. The van der Waals surface area contributed by atoms with E-state index in [1.165, 1.54) is 5.56 Å². The standard InChI is InChI=1S/C27H29NO/c1-20(2)19-24-11-15-25(16-12-24)21(3)27(29)28-26-17-13-23(14-18-26)10-9-22-7-5-4-6-8-22/h4-18,20-21H,19H2,1-3H3,(H,28,29)/b10-9+/t21-/m0/s1. The van der Waals surface area contributed by atoms with Gasteiger partial charge in [-0.3, -0.25) is 4.79 Å². The molecule has 29 heavy (non-hydrogen) atoms. The van der Waals surface area contributed by atoms with Crippen molar-refractivity contribution in [3.8, 4) is 0 Å². The molecule has 0 aliphatic carbocycles. The molecule has 2 heteroatoms. The smallest absolute Gasteiger partial charge is 0.231 e. The van der Waals surface area contributed by atoms with Crippen molar-refractivity contribution in [2.45, 2.75) is 33.1 Å². The van der Waals surface area contributed by atoms with E-state index in [2.05, 4.69) is 67.7 Å². The second-order valence-corrected chi connectivity index (χ2v) is 7.92. The van der Waals surface area contributed by atoms with Crippen LogP contribution in [-0.4, -0.2) is 5.91 Å². The Morgan fingerprint density at radius 1 is 0.793 bits per heavy atom. The lowest BCUT2D eigenvalue weighted by Crippen LogP contribution is -2.18. The molecule has 0 fully saturated rings. The van der Waals surface area contributed by atoms with E-state index in [-0.39, 0.29) is 11.8 Å². The van der Waals surface area contributed by atoms with Crippen LogP contribution in [0.3, 0.4) is 0 Å². The predicted octanol–water partition coefficient (Wildman–Crippen LogP) is 6.80. The average molecular weight is 384 g/mol. The number of rotatable bonds is 7. The molecule has 3 aromatic carbocycles. The van der Waals surface area contributed by atoms with Gasteiger partial charge in [0.25, 0.3) is 0 Å². The number of anilines is 1. The first kappa shape index (κ1) is 20.6. The SMILES string of the molecule is CC(C)Cc1ccc([C@H](C)C(=O)Nc2ccc(/C=C/c3ccccc3)cc2)cc1. The highest BCUT2D eigenvalue weighted by atomic mass is 16.1. The number of hydrogen-bond donors (Lipinski definition) is 1. The molecule has 148 valence electrons. The molecule has 0 unspecified atom stereocenters. The highest BCUT2D eigenvalue weighted by Gasteiger charge is 2.15. The Kier molecular flexibility index (Phi) is 7.02. The van der Waals surface area contributed by atoms with Gasteiger partial charge in [0, 0.05) is 5.69 Å². The quantitative estimate of drug-likeness (QED) is 0.447. The Balaban J connectivity index is 1.59. The van der Waals surface area contributed by atoms with Gasteiger partial charge in [-0.25, -0.2) is 0 Å². The van der Waals surface area contributed by atoms with Gasteiger partial charge in [0.05, 0.1) is 5.92 Å². The average Bonchev–Trinajstić information content (AvgIpc) is 2.73. The maximum atomic E-state index is 12.6. The van der Waals surface area contributed by atoms with E-state index in [9.17, 15) is 4.79 Å². The lowest BCUT2D eigenvalue weighted by Gasteiger charge is -2.14. The van der Waals surface area contributed by atoms with E-state index in [0.717, 1.165) is 28.8 Å². The van der Waals surface area contributed by atoms with E-state index >= 15 is 0 Å². The summed E-state index contributed by atoms with van der Waals surface area (Å²) in [6.07, 6.45) is 5.22. The van der Waals surface area contributed by atoms with Crippen molar-refractivity contribution in [2.75, 3.05) is 5.32 Å². The fraction of sp³-hybridized carbons (Fsp3) is 0.222. The summed E-state index contributed by atoms with van der Waals surface area (Å²) < 4.78 is 0. The van der Waals surface area contributed by atoms with Crippen LogP contribution in [-0.2, 0) is 11.2 Å². The van der Waals surface area contributed by atoms with Crippen LogP contribution in [0.4, 0.5) is 5.69 Å². The van der Waals surface area contributed by atoms with Crippen LogP contribution in [0.25, 0.3) is 12.2 Å². The van der Waals surface area contributed by atoms with Gasteiger partial charge >= 0.3 is 0 Å². The molecular weight excluding hydrogens is 354 g/mol. The van der Waals surface area contributed by atoms with E-state index in [1.807, 2.05) is 49.4 Å². The molecule has 2 nitrogen and oxygen atoms in total. The van der Waals surface area contributed by atoms with E-state index in [4.69, 9.17) is 0 Å². The summed E-state index contributed by atoms with van der Waals surface area (Å²) in [5.41, 5.74) is 5.43. The van der Waals surface area contributed by atoms with Crippen LogP contribution >= 0.6 is 0 Å². The monoisotopic (exact) mass is 383 g/mol. The Hall–Kier alpha value is -3.13. The van der Waals surface area contributed by atoms with E-state index in [0.29, 0.717) is 5.92 Å². The van der Waals surface area contributed by atoms with Crippen molar-refractivity contribution in [2.24, 2.45) is 5.92 Å². The fourth-order valence-electron chi connectivity index (χ4n) is 3.25. The Labute approximate surface area is 174 Å². The normalized spacial score (nSPS) is 12.3. The summed E-state index contributed by atoms with van der Waals surface area (Å²) in [7, 11) is 0. The number of hydrogen-bond acceptors (Lipinski definition) is 1. The first-order valence-electron chi connectivity index (χ1n) is 10.2. The minimum Gasteiger partial charge on any atom is -0.326 e. The number of amides is 1. The third kappa shape index (κ3) is 6.18. The Bertz CT molecular complexity index is 938. The van der Waals surface area contributed by atoms with Gasteiger partial charge in [-0.05, 0) is 53.6 Å². The molecule has 3 aromatic rings. The van der Waals surface area contributed by atoms with Gasteiger partial charge in [-0.2, -0.15) is 0 Å². The van der Waals surface area contributed by atoms with Crippen LogP contribution in [0.15, 0.2) is 78.9 Å². The van der Waals surface area contributed by atoms with Gasteiger partial charge in [0.1, 0.15) is 0 Å². The van der Waals surface area contributed by atoms with Gasteiger partial charge in [0.15, 0.2) is 0 Å². The molecule has 0 radical (unpaired) electrons. The summed E-state index contributed by atoms with van der Waals surface area (Å²) in [6.45, 7) is 6.38. The highest BCUT2D eigenvalue weighted by Crippen LogP contribution is 2.20. The largest absolute Gasteiger partial charge is 0.326 e. The first-order chi connectivity index (χ1) is 14.0. The van der Waals surface area contributed by atoms with E-state index in [1.54, 1.807) is 0 Å². The number of carbonyl (C=O) groups is 1. The maximum absolute atomic E-state index is 12.6. The molecule has 0 heterocycles. The molecule has 0 aliphatic heterocycles. The van der Waals surface area contributed by atoms with Crippen molar-refractivity contribution in [1.29, 1.82) is 0 Å². The molecule has 3 rings (SSSR count). The lowest BCUT2D eigenvalue weighted by atomic mass is 9.96. The number of benzene rings is 3. The molecule has 0 aromatic heterocycles. The third-order valence-electron chi connectivity index (χ3n) is 4.96. The van der Waals surface area contributed by atoms with Crippen LogP contribution < -0.4 is 5.32 Å². The molecule has 1 amide bonds. The molecule has 0 saturated heterocycles. The molecular formula is C27H29NO. The van der Waals surface area contributed by atoms with Crippen molar-refractivity contribution >= 4 is 23.7 Å². The minimum absolute atomic E-state index is 0.00851. The van der Waals surface area contributed by atoms with Gasteiger partial charge < -0.3 is 5.32 Å². The number of nitrogens with one attached hydrogen (secondary N) is 1. The van der Waals surface area contributed by atoms with Gasteiger partial charge in [0.2, 0.25) is 5.91 Å². The maximum Gasteiger partial charge on any atom is 0.231 e. The zero-order chi connectivity index (χ0) is 20.6. The first-order valence-corrected chi connectivity index (χ1v) is 10.2. The Morgan fingerprint density at radius 2 is 1.38 bits per heavy atom. The molecule has 1 atom stereocenters. The van der Waals surface area contributed by atoms with E-state index < -0.39 is 0 Å². The highest BCUT2D eigenvalue weighted by molar-refractivity contribution is 5.95. The topological polar surface area (TPSA) is 29.1 Å². The summed E-state index contributed by atoms with van der Waals surface area (Å²) in [5.74, 6) is 0.446. The minimum atomic E-state index is -0.194. The van der Waals surface area contributed by atoms with Gasteiger partial charge in [-0.15, -0.1) is 0 Å². The Morgan fingerprint density at radius 3 is 1.97 bits per heavy atom.